The molecule has 1 heterocycles. The fraction of sp³-hybridized carbons (Fsp3) is 0.290. The number of hydrogen-bond donors (Lipinski definition) is 0. The number of Topliss-reactive ketones (excluding diaryl/α,β-unsaturated/α-hetero) is 1. The lowest BCUT2D eigenvalue weighted by atomic mass is 9.92. The molecule has 6 aromatic carbocycles. The van der Waals surface area contributed by atoms with Gasteiger partial charge in [0.05, 0.1) is 37.8 Å². The third-order valence-electron chi connectivity index (χ3n) is 12.4. The van der Waals surface area contributed by atoms with Crippen molar-refractivity contribution < 1.29 is 66.7 Å². The summed E-state index contributed by atoms with van der Waals surface area (Å²) in [5.74, 6) is -2.71. The molecular weight excluding hydrogens is 1010 g/mol. The first kappa shape index (κ1) is 57.6. The molecule has 1 aliphatic heterocycles. The van der Waals surface area contributed by atoms with E-state index in [-0.39, 0.29) is 69.9 Å². The number of benzene rings is 6. The summed E-state index contributed by atoms with van der Waals surface area (Å²) in [6, 6.07) is 39.9. The van der Waals surface area contributed by atoms with Gasteiger partial charge in [-0.2, -0.15) is 0 Å². The van der Waals surface area contributed by atoms with Crippen LogP contribution >= 0.6 is 0 Å². The van der Waals surface area contributed by atoms with Gasteiger partial charge in [-0.05, 0) is 97.6 Å². The standard InChI is InChI=1S/C62H65N3O14/c1-8-72-56(67)37-64(38-57(68)73-9-2)49-28-24-45(60-47-26-22-41(5)32-53(47)78-54-36-46(63(6)7)25-27-48(54)60)35-55(49)77-31-30-76-52-29-23-42(33-50(52)65(39-58(69)74-10-3)40-59(70)75-11-4)34-51(66)62(71)79-61(43-18-14-12-15-19-43)44-20-16-13-17-21-44/h12-29,32-33,35-36,61H,5,8-11,30-31,34,37-40H2,1-4,6-7H3. The molecule has 17 nitrogen and oxygen atoms in total. The Hall–Kier alpha value is -9.12. The Morgan fingerprint density at radius 1 is 0.544 bits per heavy atom. The molecule has 0 unspecified atom stereocenters. The summed E-state index contributed by atoms with van der Waals surface area (Å²) in [6.07, 6.45) is -1.26. The Morgan fingerprint density at radius 2 is 1.09 bits per heavy atom. The molecule has 7 rings (SSSR count). The molecule has 0 N–H and O–H groups in total. The second-order valence-electron chi connectivity index (χ2n) is 18.2. The Bertz CT molecular complexity index is 3180. The molecule has 0 aliphatic carbocycles. The highest BCUT2D eigenvalue weighted by atomic mass is 16.6. The average Bonchev–Trinajstić information content (AvgIpc) is 3.59. The molecular formula is C62H65N3O14. The van der Waals surface area contributed by atoms with Crippen molar-refractivity contribution in [3.63, 3.8) is 0 Å². The van der Waals surface area contributed by atoms with Gasteiger partial charge in [0.1, 0.15) is 62.4 Å². The van der Waals surface area contributed by atoms with Crippen molar-refractivity contribution in [2.45, 2.75) is 40.2 Å². The highest BCUT2D eigenvalue weighted by molar-refractivity contribution is 6.34. The van der Waals surface area contributed by atoms with Crippen LogP contribution in [0.1, 0.15) is 61.6 Å². The van der Waals surface area contributed by atoms with Crippen molar-refractivity contribution >= 4 is 64.8 Å². The lowest BCUT2D eigenvalue weighted by Crippen LogP contribution is -2.37. The SMILES string of the molecule is C=c1ccc2c(c1)Oc1cc(N(C)C)ccc1C=2c1ccc(N(CC(=O)OCC)CC(=O)OCC)c(OCCOc2ccc(CC(=O)C(=O)OC(c3ccccc3)c3ccccc3)cc2N(CC(=O)OCC)CC(=O)OCC)c1. The van der Waals surface area contributed by atoms with E-state index in [9.17, 15) is 28.8 Å². The van der Waals surface area contributed by atoms with Crippen LogP contribution in [0.3, 0.4) is 0 Å². The van der Waals surface area contributed by atoms with Crippen LogP contribution in [0.2, 0.25) is 0 Å². The van der Waals surface area contributed by atoms with E-state index in [1.165, 1.54) is 9.80 Å². The quantitative estimate of drug-likeness (QED) is 0.0216. The van der Waals surface area contributed by atoms with Crippen molar-refractivity contribution in [3.8, 4) is 23.0 Å². The Kier molecular flexibility index (Phi) is 20.3. The van der Waals surface area contributed by atoms with E-state index in [1.54, 1.807) is 76.2 Å². The zero-order chi connectivity index (χ0) is 56.4. The zero-order valence-electron chi connectivity index (χ0n) is 45.3. The number of anilines is 3. The molecule has 0 atom stereocenters. The second-order valence-corrected chi connectivity index (χ2v) is 18.2. The van der Waals surface area contributed by atoms with E-state index < -0.39 is 61.2 Å². The van der Waals surface area contributed by atoms with Crippen LogP contribution in [0.4, 0.5) is 17.1 Å². The van der Waals surface area contributed by atoms with Gasteiger partial charge in [-0.15, -0.1) is 0 Å². The summed E-state index contributed by atoms with van der Waals surface area (Å²) in [5, 5.41) is 1.55. The molecule has 0 aromatic heterocycles. The van der Waals surface area contributed by atoms with E-state index in [2.05, 4.69) is 6.58 Å². The molecule has 0 fully saturated rings. The van der Waals surface area contributed by atoms with Gasteiger partial charge in [-0.25, -0.2) is 4.79 Å². The smallest absolute Gasteiger partial charge is 0.375 e. The number of rotatable bonds is 27. The molecule has 1 aliphatic rings. The Balaban J connectivity index is 1.24. The fourth-order valence-electron chi connectivity index (χ4n) is 8.82. The number of hydrogen-bond acceptors (Lipinski definition) is 17. The topological polar surface area (TPSA) is 186 Å². The van der Waals surface area contributed by atoms with Crippen molar-refractivity contribution in [2.75, 3.05) is 94.6 Å². The van der Waals surface area contributed by atoms with Crippen molar-refractivity contribution in [2.24, 2.45) is 0 Å². The summed E-state index contributed by atoms with van der Waals surface area (Å²) >= 11 is 0. The first-order valence-electron chi connectivity index (χ1n) is 26.0. The Morgan fingerprint density at radius 3 is 1.63 bits per heavy atom. The lowest BCUT2D eigenvalue weighted by molar-refractivity contribution is -0.156. The molecule has 0 radical (unpaired) electrons. The summed E-state index contributed by atoms with van der Waals surface area (Å²) in [4.78, 5) is 84.8. The van der Waals surface area contributed by atoms with Crippen LogP contribution < -0.4 is 39.3 Å². The minimum atomic E-state index is -1.06. The number of carbonyl (C=O) groups is 6. The second kappa shape index (κ2) is 27.8. The summed E-state index contributed by atoms with van der Waals surface area (Å²) in [7, 11) is 3.89. The molecule has 412 valence electrons. The zero-order valence-corrected chi connectivity index (χ0v) is 45.3. The maximum absolute atomic E-state index is 13.8. The van der Waals surface area contributed by atoms with E-state index in [0.29, 0.717) is 39.4 Å². The first-order chi connectivity index (χ1) is 38.2. The predicted octanol–water partition coefficient (Wildman–Crippen LogP) is 7.28. The van der Waals surface area contributed by atoms with Crippen LogP contribution in [0.25, 0.3) is 12.2 Å². The van der Waals surface area contributed by atoms with Crippen LogP contribution in [-0.4, -0.2) is 116 Å². The summed E-state index contributed by atoms with van der Waals surface area (Å²) in [5.41, 5.74) is 5.54. The van der Waals surface area contributed by atoms with Gasteiger partial charge < -0.3 is 52.6 Å². The van der Waals surface area contributed by atoms with Crippen molar-refractivity contribution in [1.82, 2.24) is 0 Å². The number of carbonyl (C=O) groups excluding carboxylic acids is 6. The number of esters is 5. The van der Waals surface area contributed by atoms with Gasteiger partial charge in [0, 0.05) is 48.6 Å². The maximum Gasteiger partial charge on any atom is 0.375 e. The Labute approximate surface area is 459 Å². The average molecular weight is 1080 g/mol. The van der Waals surface area contributed by atoms with Gasteiger partial charge in [0.2, 0.25) is 5.78 Å². The van der Waals surface area contributed by atoms with Crippen LogP contribution in [0.15, 0.2) is 133 Å². The molecule has 79 heavy (non-hydrogen) atoms. The number of nitrogens with zero attached hydrogens (tertiary/aromatic N) is 3. The molecule has 17 heteroatoms. The number of fused-ring (bicyclic) bond motifs is 2. The fourth-order valence-corrected chi connectivity index (χ4v) is 8.82. The van der Waals surface area contributed by atoms with Gasteiger partial charge in [-0.3, -0.25) is 24.0 Å². The molecule has 0 saturated heterocycles. The van der Waals surface area contributed by atoms with Gasteiger partial charge in [-0.1, -0.05) is 91.5 Å². The third-order valence-corrected chi connectivity index (χ3v) is 12.4. The monoisotopic (exact) mass is 1080 g/mol. The number of ether oxygens (including phenoxy) is 8. The molecule has 0 amide bonds. The first-order valence-corrected chi connectivity index (χ1v) is 26.0. The highest BCUT2D eigenvalue weighted by Gasteiger charge is 2.28. The van der Waals surface area contributed by atoms with E-state index in [1.807, 2.05) is 104 Å². The van der Waals surface area contributed by atoms with Crippen LogP contribution in [0, 0.1) is 0 Å². The maximum atomic E-state index is 13.8. The summed E-state index contributed by atoms with van der Waals surface area (Å²) in [6.45, 7) is 9.44. The predicted molar refractivity (Wildman–Crippen MR) is 298 cm³/mol. The van der Waals surface area contributed by atoms with Gasteiger partial charge in [0.25, 0.3) is 0 Å². The minimum Gasteiger partial charge on any atom is -0.488 e. The summed E-state index contributed by atoms with van der Waals surface area (Å²) < 4.78 is 46.6. The van der Waals surface area contributed by atoms with Gasteiger partial charge in [0.15, 0.2) is 6.10 Å². The molecule has 0 saturated carbocycles. The van der Waals surface area contributed by atoms with Crippen molar-refractivity contribution in [1.29, 1.82) is 0 Å². The van der Waals surface area contributed by atoms with E-state index in [0.717, 1.165) is 27.3 Å². The molecule has 0 bridgehead atoms. The van der Waals surface area contributed by atoms with Crippen LogP contribution in [0.5, 0.6) is 23.0 Å². The highest BCUT2D eigenvalue weighted by Crippen LogP contribution is 2.41. The van der Waals surface area contributed by atoms with E-state index >= 15 is 0 Å². The van der Waals surface area contributed by atoms with Crippen LogP contribution in [-0.2, 0) is 58.9 Å². The largest absolute Gasteiger partial charge is 0.488 e. The minimum absolute atomic E-state index is 0.0666. The van der Waals surface area contributed by atoms with Crippen molar-refractivity contribution in [3.05, 3.63) is 172 Å². The normalized spacial score (nSPS) is 11.3. The third kappa shape index (κ3) is 15.3. The lowest BCUT2D eigenvalue weighted by Gasteiger charge is -2.27. The number of ketones is 1. The molecule has 0 spiro atoms. The molecule has 6 aromatic rings. The van der Waals surface area contributed by atoms with Gasteiger partial charge >= 0.3 is 29.8 Å². The van der Waals surface area contributed by atoms with E-state index in [4.69, 9.17) is 37.9 Å².